The Hall–Kier alpha value is -1.61. The van der Waals surface area contributed by atoms with E-state index in [0.29, 0.717) is 12.1 Å². The molecule has 0 heterocycles. The van der Waals surface area contributed by atoms with Crippen LogP contribution in [0.15, 0.2) is 59.1 Å². The monoisotopic (exact) mass is 289 g/mol. The van der Waals surface area contributed by atoms with Crippen LogP contribution in [0.5, 0.6) is 0 Å². The van der Waals surface area contributed by atoms with E-state index in [2.05, 4.69) is 21.2 Å². The van der Waals surface area contributed by atoms with E-state index in [9.17, 15) is 4.79 Å². The highest BCUT2D eigenvalue weighted by molar-refractivity contribution is 9.10. The van der Waals surface area contributed by atoms with Crippen molar-refractivity contribution >= 4 is 21.8 Å². The zero-order valence-corrected chi connectivity index (χ0v) is 10.8. The molecule has 0 aromatic heterocycles. The van der Waals surface area contributed by atoms with Gasteiger partial charge in [-0.05, 0) is 29.8 Å². The molecule has 2 rings (SSSR count). The SMILES string of the molecule is O=C(NCc1ccc(Br)cc1)c1ccccc1. The molecule has 0 radical (unpaired) electrons. The maximum Gasteiger partial charge on any atom is 0.251 e. The molecular formula is C14H12BrNO. The molecule has 0 fully saturated rings. The average molecular weight is 290 g/mol. The molecule has 0 spiro atoms. The minimum Gasteiger partial charge on any atom is -0.348 e. The fraction of sp³-hybridized carbons (Fsp3) is 0.0714. The van der Waals surface area contributed by atoms with Crippen LogP contribution in [0.4, 0.5) is 0 Å². The second kappa shape index (κ2) is 5.64. The first kappa shape index (κ1) is 11.9. The summed E-state index contributed by atoms with van der Waals surface area (Å²) in [5.41, 5.74) is 1.77. The summed E-state index contributed by atoms with van der Waals surface area (Å²) in [6.07, 6.45) is 0. The van der Waals surface area contributed by atoms with Gasteiger partial charge in [-0.3, -0.25) is 4.79 Å². The summed E-state index contributed by atoms with van der Waals surface area (Å²) in [6, 6.07) is 17.1. The number of hydrogen-bond acceptors (Lipinski definition) is 1. The molecule has 0 unspecified atom stereocenters. The van der Waals surface area contributed by atoms with Gasteiger partial charge >= 0.3 is 0 Å². The number of amides is 1. The van der Waals surface area contributed by atoms with Crippen molar-refractivity contribution in [2.75, 3.05) is 0 Å². The van der Waals surface area contributed by atoms with Crippen molar-refractivity contribution < 1.29 is 4.79 Å². The minimum atomic E-state index is -0.0477. The number of rotatable bonds is 3. The van der Waals surface area contributed by atoms with Crippen molar-refractivity contribution in [2.45, 2.75) is 6.54 Å². The molecule has 1 amide bonds. The van der Waals surface area contributed by atoms with Crippen molar-refractivity contribution in [1.29, 1.82) is 0 Å². The van der Waals surface area contributed by atoms with Crippen LogP contribution in [0, 0.1) is 0 Å². The maximum atomic E-state index is 11.8. The number of nitrogens with one attached hydrogen (secondary N) is 1. The Morgan fingerprint density at radius 2 is 1.65 bits per heavy atom. The third kappa shape index (κ3) is 3.43. The van der Waals surface area contributed by atoms with Crippen LogP contribution >= 0.6 is 15.9 Å². The van der Waals surface area contributed by atoms with Gasteiger partial charge in [0.25, 0.3) is 5.91 Å². The number of carbonyl (C=O) groups is 1. The lowest BCUT2D eigenvalue weighted by Crippen LogP contribution is -2.22. The zero-order valence-electron chi connectivity index (χ0n) is 9.19. The molecule has 1 N–H and O–H groups in total. The van der Waals surface area contributed by atoms with Crippen LogP contribution in [0.2, 0.25) is 0 Å². The molecule has 0 aliphatic carbocycles. The topological polar surface area (TPSA) is 29.1 Å². The fourth-order valence-electron chi connectivity index (χ4n) is 1.48. The highest BCUT2D eigenvalue weighted by Gasteiger charge is 2.03. The van der Waals surface area contributed by atoms with Gasteiger partial charge in [0.1, 0.15) is 0 Å². The molecule has 0 atom stereocenters. The van der Waals surface area contributed by atoms with E-state index in [1.165, 1.54) is 0 Å². The molecule has 86 valence electrons. The van der Waals surface area contributed by atoms with E-state index in [4.69, 9.17) is 0 Å². The second-order valence-corrected chi connectivity index (χ2v) is 4.59. The molecule has 2 aromatic carbocycles. The van der Waals surface area contributed by atoms with Gasteiger partial charge in [-0.2, -0.15) is 0 Å². The molecule has 2 aromatic rings. The first-order chi connectivity index (χ1) is 8.25. The molecule has 0 saturated carbocycles. The highest BCUT2D eigenvalue weighted by Crippen LogP contribution is 2.10. The fourth-order valence-corrected chi connectivity index (χ4v) is 1.74. The smallest absolute Gasteiger partial charge is 0.251 e. The van der Waals surface area contributed by atoms with Crippen molar-refractivity contribution in [3.05, 3.63) is 70.2 Å². The summed E-state index contributed by atoms with van der Waals surface area (Å²) >= 11 is 3.37. The second-order valence-electron chi connectivity index (χ2n) is 3.68. The standard InChI is InChI=1S/C14H12BrNO/c15-13-8-6-11(7-9-13)10-16-14(17)12-4-2-1-3-5-12/h1-9H,10H2,(H,16,17). The van der Waals surface area contributed by atoms with Crippen LogP contribution in [0.3, 0.4) is 0 Å². The van der Waals surface area contributed by atoms with Crippen LogP contribution in [0.25, 0.3) is 0 Å². The van der Waals surface area contributed by atoms with Gasteiger partial charge in [-0.15, -0.1) is 0 Å². The Bertz CT molecular complexity index is 493. The quantitative estimate of drug-likeness (QED) is 0.922. The van der Waals surface area contributed by atoms with Gasteiger partial charge in [0.05, 0.1) is 0 Å². The summed E-state index contributed by atoms with van der Waals surface area (Å²) < 4.78 is 1.04. The Kier molecular flexibility index (Phi) is 3.94. The summed E-state index contributed by atoms with van der Waals surface area (Å²) in [5, 5.41) is 2.88. The van der Waals surface area contributed by atoms with Crippen LogP contribution in [0.1, 0.15) is 15.9 Å². The zero-order chi connectivity index (χ0) is 12.1. The van der Waals surface area contributed by atoms with Gasteiger partial charge in [0.2, 0.25) is 0 Å². The van der Waals surface area contributed by atoms with E-state index in [-0.39, 0.29) is 5.91 Å². The molecule has 2 nitrogen and oxygen atoms in total. The van der Waals surface area contributed by atoms with Crippen LogP contribution < -0.4 is 5.32 Å². The molecule has 0 aliphatic heterocycles. The lowest BCUT2D eigenvalue weighted by atomic mass is 10.2. The van der Waals surface area contributed by atoms with E-state index in [1.807, 2.05) is 42.5 Å². The Labute approximate surface area is 109 Å². The van der Waals surface area contributed by atoms with Gasteiger partial charge in [0.15, 0.2) is 0 Å². The third-order valence-electron chi connectivity index (χ3n) is 2.40. The summed E-state index contributed by atoms with van der Waals surface area (Å²) in [5.74, 6) is -0.0477. The molecular weight excluding hydrogens is 278 g/mol. The Balaban J connectivity index is 1.95. The van der Waals surface area contributed by atoms with Crippen LogP contribution in [-0.4, -0.2) is 5.91 Å². The molecule has 0 aliphatic rings. The lowest BCUT2D eigenvalue weighted by Gasteiger charge is -2.05. The normalized spacial score (nSPS) is 9.94. The van der Waals surface area contributed by atoms with Crippen molar-refractivity contribution in [3.63, 3.8) is 0 Å². The minimum absolute atomic E-state index is 0.0477. The van der Waals surface area contributed by atoms with Gasteiger partial charge in [-0.1, -0.05) is 46.3 Å². The van der Waals surface area contributed by atoms with Crippen molar-refractivity contribution in [3.8, 4) is 0 Å². The first-order valence-corrected chi connectivity index (χ1v) is 6.13. The molecule has 3 heteroatoms. The van der Waals surface area contributed by atoms with E-state index >= 15 is 0 Å². The summed E-state index contributed by atoms with van der Waals surface area (Å²) in [6.45, 7) is 0.543. The highest BCUT2D eigenvalue weighted by atomic mass is 79.9. The Morgan fingerprint density at radius 1 is 1.00 bits per heavy atom. The third-order valence-corrected chi connectivity index (χ3v) is 2.93. The van der Waals surface area contributed by atoms with Crippen molar-refractivity contribution in [2.24, 2.45) is 0 Å². The van der Waals surface area contributed by atoms with E-state index in [0.717, 1.165) is 10.0 Å². The van der Waals surface area contributed by atoms with Crippen molar-refractivity contribution in [1.82, 2.24) is 5.32 Å². The van der Waals surface area contributed by atoms with E-state index < -0.39 is 0 Å². The Morgan fingerprint density at radius 3 is 2.29 bits per heavy atom. The van der Waals surface area contributed by atoms with Gasteiger partial charge in [0, 0.05) is 16.6 Å². The summed E-state index contributed by atoms with van der Waals surface area (Å²) in [4.78, 5) is 11.8. The molecule has 0 bridgehead atoms. The predicted molar refractivity (Wildman–Crippen MR) is 71.8 cm³/mol. The number of benzene rings is 2. The number of halogens is 1. The number of hydrogen-bond donors (Lipinski definition) is 1. The van der Waals surface area contributed by atoms with Gasteiger partial charge in [-0.25, -0.2) is 0 Å². The predicted octanol–water partition coefficient (Wildman–Crippen LogP) is 3.38. The van der Waals surface area contributed by atoms with Crippen LogP contribution in [-0.2, 0) is 6.54 Å². The first-order valence-electron chi connectivity index (χ1n) is 5.33. The number of carbonyl (C=O) groups excluding carboxylic acids is 1. The van der Waals surface area contributed by atoms with E-state index in [1.54, 1.807) is 12.1 Å². The molecule has 17 heavy (non-hydrogen) atoms. The summed E-state index contributed by atoms with van der Waals surface area (Å²) in [7, 11) is 0. The van der Waals surface area contributed by atoms with Gasteiger partial charge < -0.3 is 5.32 Å². The molecule has 0 saturated heterocycles. The average Bonchev–Trinajstić information content (AvgIpc) is 2.39. The lowest BCUT2D eigenvalue weighted by molar-refractivity contribution is 0.0951. The maximum absolute atomic E-state index is 11.8. The largest absolute Gasteiger partial charge is 0.348 e.